The molecular weight excluding hydrogens is 418 g/mol. The Bertz CT molecular complexity index is 861. The Balaban J connectivity index is 2.47. The maximum absolute atomic E-state index is 11.9. The molecule has 0 bridgehead atoms. The summed E-state index contributed by atoms with van der Waals surface area (Å²) in [6, 6.07) is 2.43. The Morgan fingerprint density at radius 3 is 2.18 bits per heavy atom. The summed E-state index contributed by atoms with van der Waals surface area (Å²) >= 11 is 0. The van der Waals surface area contributed by atoms with Gasteiger partial charge in [-0.15, -0.1) is 0 Å². The quantitative estimate of drug-likeness (QED) is 0.411. The van der Waals surface area contributed by atoms with Crippen molar-refractivity contribution in [1.82, 2.24) is 15.0 Å². The molecule has 1 N–H and O–H groups in total. The third-order valence-electron chi connectivity index (χ3n) is 5.14. The van der Waals surface area contributed by atoms with Crippen LogP contribution in [-0.4, -0.2) is 47.7 Å². The molecule has 0 fully saturated rings. The molecule has 0 aliphatic carbocycles. The Morgan fingerprint density at radius 1 is 1.03 bits per heavy atom. The Labute approximate surface area is 198 Å². The first-order valence-corrected chi connectivity index (χ1v) is 11.8. The molecule has 1 atom stereocenters. The standard InChI is InChI=1S/C25H39N5O3/c1-8-19(11-23(31)32-7)20-10-22(29-21-13-27-25(28-14-21)33-9-2)24(26-12-20)30(15-17(3)4)16-18(5)6/h10,12-14,17-19,29H,8-9,11,15-16H2,1-7H3. The van der Waals surface area contributed by atoms with Crippen LogP contribution < -0.4 is 15.0 Å². The Kier molecular flexibility index (Phi) is 10.4. The molecular formula is C25H39N5O3. The van der Waals surface area contributed by atoms with Crippen LogP contribution in [-0.2, 0) is 9.53 Å². The first-order valence-electron chi connectivity index (χ1n) is 11.8. The fraction of sp³-hybridized carbons (Fsp3) is 0.600. The molecule has 0 aliphatic heterocycles. The van der Waals surface area contributed by atoms with Crippen LogP contribution in [0.4, 0.5) is 17.2 Å². The van der Waals surface area contributed by atoms with Gasteiger partial charge in [0, 0.05) is 19.3 Å². The topological polar surface area (TPSA) is 89.5 Å². The maximum atomic E-state index is 11.9. The van der Waals surface area contributed by atoms with E-state index in [1.54, 1.807) is 12.4 Å². The highest BCUT2D eigenvalue weighted by Gasteiger charge is 2.21. The zero-order valence-corrected chi connectivity index (χ0v) is 21.1. The molecule has 33 heavy (non-hydrogen) atoms. The van der Waals surface area contributed by atoms with Gasteiger partial charge in [-0.3, -0.25) is 4.79 Å². The molecule has 0 saturated heterocycles. The van der Waals surface area contributed by atoms with Gasteiger partial charge in [-0.2, -0.15) is 0 Å². The number of rotatable bonds is 13. The zero-order valence-electron chi connectivity index (χ0n) is 21.1. The average molecular weight is 458 g/mol. The van der Waals surface area contributed by atoms with Crippen LogP contribution in [0.5, 0.6) is 6.01 Å². The van der Waals surface area contributed by atoms with E-state index in [1.807, 2.05) is 13.1 Å². The zero-order chi connectivity index (χ0) is 24.4. The van der Waals surface area contributed by atoms with Gasteiger partial charge in [-0.1, -0.05) is 34.6 Å². The highest BCUT2D eigenvalue weighted by molar-refractivity contribution is 5.74. The summed E-state index contributed by atoms with van der Waals surface area (Å²) in [4.78, 5) is 27.7. The van der Waals surface area contributed by atoms with Crippen molar-refractivity contribution in [3.63, 3.8) is 0 Å². The largest absolute Gasteiger partial charge is 0.469 e. The summed E-state index contributed by atoms with van der Waals surface area (Å²) in [6.07, 6.45) is 6.43. The van der Waals surface area contributed by atoms with Crippen LogP contribution >= 0.6 is 0 Å². The van der Waals surface area contributed by atoms with Gasteiger partial charge in [0.15, 0.2) is 5.82 Å². The van der Waals surface area contributed by atoms with Crippen molar-refractivity contribution in [2.75, 3.05) is 37.0 Å². The molecule has 182 valence electrons. The monoisotopic (exact) mass is 457 g/mol. The Hall–Kier alpha value is -2.90. The van der Waals surface area contributed by atoms with Gasteiger partial charge in [-0.25, -0.2) is 15.0 Å². The molecule has 0 spiro atoms. The predicted molar refractivity (Wildman–Crippen MR) is 132 cm³/mol. The van der Waals surface area contributed by atoms with Crippen molar-refractivity contribution in [2.24, 2.45) is 11.8 Å². The van der Waals surface area contributed by atoms with E-state index in [9.17, 15) is 4.79 Å². The number of ether oxygens (including phenoxy) is 2. The van der Waals surface area contributed by atoms with E-state index in [0.29, 0.717) is 30.9 Å². The number of nitrogens with zero attached hydrogens (tertiary/aromatic N) is 4. The van der Waals surface area contributed by atoms with Crippen LogP contribution in [0.1, 0.15) is 65.9 Å². The summed E-state index contributed by atoms with van der Waals surface area (Å²) in [5, 5.41) is 3.45. The number of anilines is 3. The van der Waals surface area contributed by atoms with Gasteiger partial charge >= 0.3 is 12.0 Å². The van der Waals surface area contributed by atoms with Crippen molar-refractivity contribution < 1.29 is 14.3 Å². The van der Waals surface area contributed by atoms with Gasteiger partial charge in [0.05, 0.1) is 43.9 Å². The van der Waals surface area contributed by atoms with E-state index in [2.05, 4.69) is 60.9 Å². The Morgan fingerprint density at radius 2 is 1.67 bits per heavy atom. The second-order valence-electron chi connectivity index (χ2n) is 9.03. The predicted octanol–water partition coefficient (Wildman–Crippen LogP) is 5.19. The van der Waals surface area contributed by atoms with Crippen molar-refractivity contribution in [3.8, 4) is 6.01 Å². The number of carbonyl (C=O) groups excluding carboxylic acids is 1. The van der Waals surface area contributed by atoms with Crippen LogP contribution in [0.15, 0.2) is 24.7 Å². The summed E-state index contributed by atoms with van der Waals surface area (Å²) in [5.74, 6) is 1.65. The second kappa shape index (κ2) is 13.0. The van der Waals surface area contributed by atoms with Crippen LogP contribution in [0.25, 0.3) is 0 Å². The fourth-order valence-electron chi connectivity index (χ4n) is 3.69. The lowest BCUT2D eigenvalue weighted by molar-refractivity contribution is -0.141. The number of hydrogen-bond acceptors (Lipinski definition) is 8. The smallest absolute Gasteiger partial charge is 0.316 e. The molecule has 8 heteroatoms. The maximum Gasteiger partial charge on any atom is 0.316 e. The number of pyridine rings is 1. The van der Waals surface area contributed by atoms with Crippen LogP contribution in [0.2, 0.25) is 0 Å². The number of nitrogens with one attached hydrogen (secondary N) is 1. The average Bonchev–Trinajstić information content (AvgIpc) is 2.77. The summed E-state index contributed by atoms with van der Waals surface area (Å²) in [6.45, 7) is 15.1. The van der Waals surface area contributed by atoms with Gasteiger partial charge in [0.25, 0.3) is 0 Å². The third-order valence-corrected chi connectivity index (χ3v) is 5.14. The first-order chi connectivity index (χ1) is 15.8. The number of methoxy groups -OCH3 is 1. The van der Waals surface area contributed by atoms with Crippen molar-refractivity contribution in [2.45, 2.75) is 60.3 Å². The molecule has 2 aromatic rings. The number of aromatic nitrogens is 3. The lowest BCUT2D eigenvalue weighted by Gasteiger charge is -2.30. The highest BCUT2D eigenvalue weighted by atomic mass is 16.5. The van der Waals surface area contributed by atoms with E-state index in [0.717, 1.165) is 42.3 Å². The van der Waals surface area contributed by atoms with E-state index in [4.69, 9.17) is 14.5 Å². The minimum Gasteiger partial charge on any atom is -0.469 e. The summed E-state index contributed by atoms with van der Waals surface area (Å²) in [5.41, 5.74) is 2.61. The molecule has 2 heterocycles. The van der Waals surface area contributed by atoms with Gasteiger partial charge in [0.1, 0.15) is 0 Å². The van der Waals surface area contributed by atoms with E-state index in [-0.39, 0.29) is 11.9 Å². The SMILES string of the molecule is CCOc1ncc(Nc2cc(C(CC)CC(=O)OC)cnc2N(CC(C)C)CC(C)C)cn1. The second-order valence-corrected chi connectivity index (χ2v) is 9.03. The molecule has 1 unspecified atom stereocenters. The number of hydrogen-bond donors (Lipinski definition) is 1. The van der Waals surface area contributed by atoms with Crippen molar-refractivity contribution in [1.29, 1.82) is 0 Å². The van der Waals surface area contributed by atoms with E-state index < -0.39 is 0 Å². The molecule has 8 nitrogen and oxygen atoms in total. The lowest BCUT2D eigenvalue weighted by atomic mass is 9.94. The van der Waals surface area contributed by atoms with Gasteiger partial charge in [-0.05, 0) is 42.7 Å². The molecule has 0 aromatic carbocycles. The summed E-state index contributed by atoms with van der Waals surface area (Å²) < 4.78 is 10.3. The number of carbonyl (C=O) groups is 1. The van der Waals surface area contributed by atoms with Crippen LogP contribution in [0.3, 0.4) is 0 Å². The van der Waals surface area contributed by atoms with Crippen LogP contribution in [0, 0.1) is 11.8 Å². The molecule has 0 aliphatic rings. The van der Waals surface area contributed by atoms with Crippen molar-refractivity contribution >= 4 is 23.2 Å². The third kappa shape index (κ3) is 8.18. The molecule has 2 aromatic heterocycles. The fourth-order valence-corrected chi connectivity index (χ4v) is 3.69. The first kappa shape index (κ1) is 26.4. The minimum absolute atomic E-state index is 0.0276. The van der Waals surface area contributed by atoms with Gasteiger partial charge in [0.2, 0.25) is 0 Å². The van der Waals surface area contributed by atoms with E-state index >= 15 is 0 Å². The highest BCUT2D eigenvalue weighted by Crippen LogP contribution is 2.33. The van der Waals surface area contributed by atoms with Crippen molar-refractivity contribution in [3.05, 3.63) is 30.2 Å². The minimum atomic E-state index is -0.221. The molecule has 0 amide bonds. The van der Waals surface area contributed by atoms with Gasteiger partial charge < -0.3 is 19.7 Å². The summed E-state index contributed by atoms with van der Waals surface area (Å²) in [7, 11) is 1.42. The molecule has 0 radical (unpaired) electrons. The van der Waals surface area contributed by atoms with E-state index in [1.165, 1.54) is 7.11 Å². The normalized spacial score (nSPS) is 12.0. The lowest BCUT2D eigenvalue weighted by Crippen LogP contribution is -2.32. The molecule has 0 saturated carbocycles. The molecule has 2 rings (SSSR count). The number of esters is 1.